The van der Waals surface area contributed by atoms with Crippen LogP contribution in [-0.2, 0) is 17.8 Å². The van der Waals surface area contributed by atoms with E-state index < -0.39 is 12.7 Å². The number of nitrogens with two attached hydrogens (primary N) is 2. The summed E-state index contributed by atoms with van der Waals surface area (Å²) >= 11 is 2.16. The number of hydrogen-bond acceptors (Lipinski definition) is 17. The van der Waals surface area contributed by atoms with Crippen LogP contribution in [0.1, 0.15) is 72.1 Å². The van der Waals surface area contributed by atoms with Crippen molar-refractivity contribution in [2.45, 2.75) is 103 Å². The third-order valence-electron chi connectivity index (χ3n) is 13.6. The molecule has 2 aliphatic carbocycles. The maximum Gasteiger partial charge on any atom is 0.488 e. The molecule has 0 unspecified atom stereocenters. The Balaban J connectivity index is 0.000000133. The van der Waals surface area contributed by atoms with E-state index in [9.17, 15) is 4.79 Å². The number of nitrogen functional groups attached to an aromatic ring is 2. The first-order valence-electron chi connectivity index (χ1n) is 25.4. The maximum absolute atomic E-state index is 12.1. The first kappa shape index (κ1) is 51.0. The third-order valence-corrected chi connectivity index (χ3v) is 14.3. The third kappa shape index (κ3) is 12.4. The second kappa shape index (κ2) is 21.8. The fourth-order valence-corrected chi connectivity index (χ4v) is 9.99. The van der Waals surface area contributed by atoms with Gasteiger partial charge in [0.05, 0.1) is 21.8 Å². The molecule has 386 valence electrons. The average molecular weight is 1120 g/mol. The van der Waals surface area contributed by atoms with Crippen molar-refractivity contribution in [2.75, 3.05) is 44.7 Å². The number of aromatic nitrogens is 10. The fraction of sp³-hybridized carbons (Fsp3) is 0.442. The zero-order valence-electron chi connectivity index (χ0n) is 42.1. The summed E-state index contributed by atoms with van der Waals surface area (Å²) in [6.45, 7) is 10.9. The molecule has 2 saturated heterocycles. The van der Waals surface area contributed by atoms with Gasteiger partial charge in [-0.2, -0.15) is 10.2 Å². The van der Waals surface area contributed by atoms with E-state index in [1.54, 1.807) is 23.1 Å². The summed E-state index contributed by atoms with van der Waals surface area (Å²) in [6, 6.07) is 19.0. The van der Waals surface area contributed by atoms with E-state index >= 15 is 0 Å². The molecule has 6 aromatic heterocycles. The zero-order chi connectivity index (χ0) is 51.7. The Bertz CT molecular complexity index is 3290. The number of amides is 1. The summed E-state index contributed by atoms with van der Waals surface area (Å²) in [5.41, 5.74) is 17.3. The molecule has 0 spiro atoms. The minimum absolute atomic E-state index is 0.231. The van der Waals surface area contributed by atoms with Crippen molar-refractivity contribution in [2.24, 2.45) is 11.8 Å². The molecule has 6 N–H and O–H groups in total. The highest BCUT2D eigenvalue weighted by molar-refractivity contribution is 14.1. The van der Waals surface area contributed by atoms with Gasteiger partial charge in [0.1, 0.15) is 51.5 Å². The van der Waals surface area contributed by atoms with E-state index in [1.807, 2.05) is 60.5 Å². The SMILES string of the molecule is CC(C)(C)OC(=O)N1CCC(Cn2nc(I)c3c(N)ncnc32)CC1.CN1CCC(Cn2nc(-c3ccc4nc(OC5CC5)ccc4c3)c3c(N)ncnc32)CC1.OB(O)c1ccc2nc(OC3CC3)ccc2c1. The molecule has 2 aliphatic heterocycles. The van der Waals surface area contributed by atoms with E-state index in [-0.39, 0.29) is 6.09 Å². The lowest BCUT2D eigenvalue weighted by Gasteiger charge is -2.33. The quantitative estimate of drug-likeness (QED) is 0.0828. The first-order valence-corrected chi connectivity index (χ1v) is 26.5. The molecule has 8 aromatic rings. The van der Waals surface area contributed by atoms with Crippen molar-refractivity contribution in [3.8, 4) is 23.0 Å². The fourth-order valence-electron chi connectivity index (χ4n) is 9.22. The van der Waals surface area contributed by atoms with E-state index in [1.165, 1.54) is 25.5 Å². The smallest absolute Gasteiger partial charge is 0.474 e. The van der Waals surface area contributed by atoms with Gasteiger partial charge in [-0.3, -0.25) is 0 Å². The lowest BCUT2D eigenvalue weighted by atomic mass is 9.80. The molecule has 74 heavy (non-hydrogen) atoms. The molecule has 4 fully saturated rings. The van der Waals surface area contributed by atoms with Crippen LogP contribution in [-0.4, -0.2) is 134 Å². The van der Waals surface area contributed by atoms with Gasteiger partial charge < -0.3 is 45.5 Å². The van der Waals surface area contributed by atoms with Gasteiger partial charge in [0.2, 0.25) is 11.8 Å². The van der Waals surface area contributed by atoms with Crippen LogP contribution in [0, 0.1) is 15.5 Å². The van der Waals surface area contributed by atoms with Crippen LogP contribution in [0.15, 0.2) is 73.3 Å². The molecule has 22 heteroatoms. The Hall–Kier alpha value is -6.50. The number of benzene rings is 2. The van der Waals surface area contributed by atoms with E-state index in [0.717, 1.165) is 124 Å². The van der Waals surface area contributed by atoms with Gasteiger partial charge in [-0.1, -0.05) is 18.2 Å². The van der Waals surface area contributed by atoms with Gasteiger partial charge in [0.25, 0.3) is 0 Å². The largest absolute Gasteiger partial charge is 0.488 e. The number of carbonyl (C=O) groups is 1. The lowest BCUT2D eigenvalue weighted by molar-refractivity contribution is 0.0177. The van der Waals surface area contributed by atoms with Crippen LogP contribution in [0.5, 0.6) is 11.8 Å². The zero-order valence-corrected chi connectivity index (χ0v) is 44.3. The molecule has 2 aromatic carbocycles. The van der Waals surface area contributed by atoms with Crippen molar-refractivity contribution < 1.29 is 29.1 Å². The van der Waals surface area contributed by atoms with Crippen LogP contribution < -0.4 is 26.4 Å². The number of hydrogen-bond donors (Lipinski definition) is 4. The van der Waals surface area contributed by atoms with Crippen molar-refractivity contribution in [1.29, 1.82) is 0 Å². The van der Waals surface area contributed by atoms with Gasteiger partial charge >= 0.3 is 13.2 Å². The van der Waals surface area contributed by atoms with Crippen LogP contribution >= 0.6 is 22.6 Å². The molecule has 0 bridgehead atoms. The number of ether oxygens (including phenoxy) is 3. The van der Waals surface area contributed by atoms with E-state index in [0.29, 0.717) is 66.0 Å². The number of carbonyl (C=O) groups excluding carboxylic acids is 1. The number of rotatable bonds is 10. The van der Waals surface area contributed by atoms with Crippen molar-refractivity contribution in [1.82, 2.24) is 59.3 Å². The van der Waals surface area contributed by atoms with Gasteiger partial charge in [-0.05, 0) is 162 Å². The minimum Gasteiger partial charge on any atom is -0.474 e. The second-order valence-electron chi connectivity index (χ2n) is 20.7. The van der Waals surface area contributed by atoms with Gasteiger partial charge in [0, 0.05) is 54.6 Å². The predicted octanol–water partition coefficient (Wildman–Crippen LogP) is 6.62. The number of likely N-dealkylation sites (tertiary alicyclic amines) is 2. The molecule has 4 aliphatic rings. The maximum atomic E-state index is 12.1. The number of halogens is 1. The molecule has 2 saturated carbocycles. The summed E-state index contributed by atoms with van der Waals surface area (Å²) < 4.78 is 21.6. The number of fused-ring (bicyclic) bond motifs is 4. The lowest BCUT2D eigenvalue weighted by Crippen LogP contribution is -2.42. The molecule has 12 rings (SSSR count). The number of anilines is 2. The number of nitrogens with zero attached hydrogens (tertiary/aromatic N) is 12. The summed E-state index contributed by atoms with van der Waals surface area (Å²) in [5.74, 6) is 3.28. The Morgan fingerprint density at radius 1 is 0.689 bits per heavy atom. The monoisotopic (exact) mass is 1120 g/mol. The van der Waals surface area contributed by atoms with Crippen LogP contribution in [0.4, 0.5) is 16.4 Å². The van der Waals surface area contributed by atoms with Crippen molar-refractivity contribution in [3.63, 3.8) is 0 Å². The second-order valence-corrected chi connectivity index (χ2v) is 21.8. The molecule has 8 heterocycles. The average Bonchev–Trinajstić information content (AvgIpc) is 4.32. The predicted molar refractivity (Wildman–Crippen MR) is 293 cm³/mol. The summed E-state index contributed by atoms with van der Waals surface area (Å²) in [4.78, 5) is 42.5. The Kier molecular flexibility index (Phi) is 15.0. The standard InChI is InChI=1S/C24H27N7O.C16H23IN6O2.C12H12BNO3/c1-30-10-8-15(9-11-30)13-31-24-21(23(25)26-14-27-24)22(29-31)17-2-6-19-16(12-17)3-7-20(28-19)32-18-4-5-18;1-16(2,3)25-15(24)22-6-4-10(5-7-22)8-23-14-11(12(17)21-23)13(18)19-9-20-14;15-13(16)9-2-5-11-8(7-9)1-6-12(14-11)17-10-3-4-10/h2-3,6-7,12,14-15,18H,4-5,8-11,13H2,1H3,(H2,25,26,27);9-10H,4-8H2,1-3H3,(H2,18,19,20);1-2,5-7,10,15-16H,3-4H2. The van der Waals surface area contributed by atoms with E-state index in [2.05, 4.69) is 81.7 Å². The summed E-state index contributed by atoms with van der Waals surface area (Å²) in [5, 5.41) is 31.2. The highest BCUT2D eigenvalue weighted by Gasteiger charge is 2.29. The van der Waals surface area contributed by atoms with Crippen LogP contribution in [0.25, 0.3) is 55.1 Å². The molecule has 1 amide bonds. The van der Waals surface area contributed by atoms with Gasteiger partial charge in [0.15, 0.2) is 11.3 Å². The molecule has 0 radical (unpaired) electrons. The first-order chi connectivity index (χ1) is 35.6. The Morgan fingerprint density at radius 3 is 1.78 bits per heavy atom. The van der Waals surface area contributed by atoms with Gasteiger partial charge in [-0.15, -0.1) is 0 Å². The molecule has 20 nitrogen and oxygen atoms in total. The van der Waals surface area contributed by atoms with Crippen LogP contribution in [0.2, 0.25) is 0 Å². The number of piperidine rings is 2. The number of pyridine rings is 2. The normalized spacial score (nSPS) is 16.7. The highest BCUT2D eigenvalue weighted by atomic mass is 127. The summed E-state index contributed by atoms with van der Waals surface area (Å²) in [6.07, 6.45) is 12.1. The minimum atomic E-state index is -1.44. The Morgan fingerprint density at radius 2 is 1.22 bits per heavy atom. The highest BCUT2D eigenvalue weighted by Crippen LogP contribution is 2.34. The van der Waals surface area contributed by atoms with Crippen LogP contribution in [0.3, 0.4) is 0 Å². The molecular weight excluding hydrogens is 1050 g/mol. The van der Waals surface area contributed by atoms with E-state index in [4.69, 9.17) is 40.8 Å². The topological polar surface area (TPSA) is 257 Å². The van der Waals surface area contributed by atoms with Crippen molar-refractivity contribution >= 4 is 96.8 Å². The summed E-state index contributed by atoms with van der Waals surface area (Å²) in [7, 11) is 0.739. The van der Waals surface area contributed by atoms with Crippen molar-refractivity contribution in [3.05, 3.63) is 77.0 Å². The van der Waals surface area contributed by atoms with Gasteiger partial charge in [-0.25, -0.2) is 44.1 Å². The Labute approximate surface area is 442 Å². The molecule has 0 atom stereocenters. The molecular formula is C52H62BIN14O6.